The lowest BCUT2D eigenvalue weighted by molar-refractivity contribution is -0.139. The van der Waals surface area contributed by atoms with Gasteiger partial charge in [-0.3, -0.25) is 13.9 Å². The average Bonchev–Trinajstić information content (AvgIpc) is 2.97. The molecule has 2 amide bonds. The second kappa shape index (κ2) is 14.7. The van der Waals surface area contributed by atoms with Gasteiger partial charge in [0.15, 0.2) is 0 Å². The van der Waals surface area contributed by atoms with Crippen LogP contribution in [-0.2, 0) is 26.0 Å². The molecular weight excluding hydrogens is 538 g/mol. The zero-order chi connectivity index (χ0) is 30.0. The highest BCUT2D eigenvalue weighted by Gasteiger charge is 2.34. The number of rotatable bonds is 14. The van der Waals surface area contributed by atoms with Gasteiger partial charge in [-0.25, -0.2) is 8.42 Å². The Bertz CT molecular complexity index is 1400. The molecule has 3 aromatic rings. The molecule has 220 valence electrons. The van der Waals surface area contributed by atoms with E-state index in [2.05, 4.69) is 5.32 Å². The quantitative estimate of drug-likeness (QED) is 0.295. The molecule has 0 radical (unpaired) electrons. The summed E-state index contributed by atoms with van der Waals surface area (Å²) in [7, 11) is -2.71. The highest BCUT2D eigenvalue weighted by molar-refractivity contribution is 7.92. The minimum Gasteiger partial charge on any atom is -0.495 e. The number of carbonyl (C=O) groups excluding carboxylic acids is 2. The van der Waals surface area contributed by atoms with Gasteiger partial charge in [0.25, 0.3) is 10.0 Å². The van der Waals surface area contributed by atoms with Gasteiger partial charge >= 0.3 is 0 Å². The predicted octanol–water partition coefficient (Wildman–Crippen LogP) is 4.82. The fraction of sp³-hybridized carbons (Fsp3) is 0.375. The Morgan fingerprint density at radius 3 is 2.17 bits per heavy atom. The second-order valence-corrected chi connectivity index (χ2v) is 12.2. The molecule has 1 unspecified atom stereocenters. The van der Waals surface area contributed by atoms with E-state index in [0.29, 0.717) is 25.1 Å². The maximum absolute atomic E-state index is 14.2. The fourth-order valence-electron chi connectivity index (χ4n) is 4.55. The number of sulfonamides is 1. The lowest BCUT2D eigenvalue weighted by Crippen LogP contribution is -2.53. The molecule has 41 heavy (non-hydrogen) atoms. The lowest BCUT2D eigenvalue weighted by atomic mass is 10.1. The minimum absolute atomic E-state index is 0.0499. The van der Waals surface area contributed by atoms with E-state index >= 15 is 0 Å². The summed E-state index contributed by atoms with van der Waals surface area (Å²) in [5.41, 5.74) is 2.07. The van der Waals surface area contributed by atoms with Crippen LogP contribution in [-0.4, -0.2) is 57.9 Å². The lowest BCUT2D eigenvalue weighted by Gasteiger charge is -2.33. The first-order valence-corrected chi connectivity index (χ1v) is 15.4. The summed E-state index contributed by atoms with van der Waals surface area (Å²) in [4.78, 5) is 29.0. The Hall–Kier alpha value is -3.85. The second-order valence-electron chi connectivity index (χ2n) is 10.4. The Labute approximate surface area is 244 Å². The summed E-state index contributed by atoms with van der Waals surface area (Å²) in [6.07, 6.45) is 0.892. The summed E-state index contributed by atoms with van der Waals surface area (Å²) < 4.78 is 34.7. The number of nitrogens with one attached hydrogen (secondary N) is 1. The topological polar surface area (TPSA) is 96.0 Å². The largest absolute Gasteiger partial charge is 0.495 e. The highest BCUT2D eigenvalue weighted by Crippen LogP contribution is 2.33. The molecule has 0 aliphatic carbocycles. The van der Waals surface area contributed by atoms with Gasteiger partial charge in [0, 0.05) is 13.1 Å². The maximum atomic E-state index is 14.2. The molecule has 8 nitrogen and oxygen atoms in total. The molecule has 0 saturated heterocycles. The van der Waals surface area contributed by atoms with Crippen LogP contribution >= 0.6 is 0 Å². The third kappa shape index (κ3) is 8.33. The van der Waals surface area contributed by atoms with E-state index in [0.717, 1.165) is 15.4 Å². The molecule has 1 atom stereocenters. The van der Waals surface area contributed by atoms with E-state index in [4.69, 9.17) is 4.74 Å². The number of hydrogen-bond acceptors (Lipinski definition) is 5. The summed E-state index contributed by atoms with van der Waals surface area (Å²) >= 11 is 0. The van der Waals surface area contributed by atoms with Crippen molar-refractivity contribution in [3.8, 4) is 5.75 Å². The zero-order valence-corrected chi connectivity index (χ0v) is 25.4. The monoisotopic (exact) mass is 579 g/mol. The van der Waals surface area contributed by atoms with Crippen LogP contribution in [0.2, 0.25) is 0 Å². The minimum atomic E-state index is -4.17. The maximum Gasteiger partial charge on any atom is 0.264 e. The molecule has 9 heteroatoms. The first-order valence-electron chi connectivity index (χ1n) is 13.9. The molecule has 0 fully saturated rings. The number of hydrogen-bond donors (Lipinski definition) is 1. The molecule has 0 aliphatic rings. The Balaban J connectivity index is 2.05. The van der Waals surface area contributed by atoms with Crippen LogP contribution in [0.5, 0.6) is 5.75 Å². The summed E-state index contributed by atoms with van der Waals surface area (Å²) in [6.45, 7) is 7.93. The first-order chi connectivity index (χ1) is 19.6. The van der Waals surface area contributed by atoms with E-state index in [9.17, 15) is 18.0 Å². The van der Waals surface area contributed by atoms with Crippen LogP contribution < -0.4 is 14.4 Å². The van der Waals surface area contributed by atoms with E-state index in [1.807, 2.05) is 64.1 Å². The molecule has 0 spiro atoms. The Morgan fingerprint density at radius 2 is 1.59 bits per heavy atom. The van der Waals surface area contributed by atoms with Gasteiger partial charge in [0.2, 0.25) is 11.8 Å². The number of methoxy groups -OCH3 is 1. The number of ether oxygens (including phenoxy) is 1. The van der Waals surface area contributed by atoms with Crippen molar-refractivity contribution in [1.29, 1.82) is 0 Å². The van der Waals surface area contributed by atoms with Gasteiger partial charge in [0.1, 0.15) is 18.3 Å². The van der Waals surface area contributed by atoms with E-state index in [1.54, 1.807) is 30.3 Å². The van der Waals surface area contributed by atoms with Crippen molar-refractivity contribution >= 4 is 27.5 Å². The van der Waals surface area contributed by atoms with Crippen LogP contribution in [0.1, 0.15) is 38.3 Å². The normalized spacial score (nSPS) is 12.0. The number of carbonyl (C=O) groups is 2. The number of aryl methyl sites for hydroxylation is 1. The number of amides is 2. The molecule has 3 aromatic carbocycles. The SMILES string of the molecule is CCC(C(=O)NCC(C)C)N(CCc1ccccc1)C(=O)CN(c1cc(C)ccc1OC)S(=O)(=O)c1ccccc1. The van der Waals surface area contributed by atoms with Crippen molar-refractivity contribution < 1.29 is 22.7 Å². The molecule has 0 aromatic heterocycles. The van der Waals surface area contributed by atoms with Gasteiger partial charge in [0.05, 0.1) is 17.7 Å². The standard InChI is InChI=1S/C32H41N3O5S/c1-6-28(32(37)33-22-24(2)3)34(20-19-26-13-9-7-10-14-26)31(36)23-35(29-21-25(4)17-18-30(29)40-5)41(38,39)27-15-11-8-12-16-27/h7-18,21,24,28H,6,19-20,22-23H2,1-5H3,(H,33,37). The van der Waals surface area contributed by atoms with Crippen molar-refractivity contribution in [3.63, 3.8) is 0 Å². The Kier molecular flexibility index (Phi) is 11.3. The zero-order valence-electron chi connectivity index (χ0n) is 24.5. The summed E-state index contributed by atoms with van der Waals surface area (Å²) in [5.74, 6) is -0.172. The third-order valence-corrected chi connectivity index (χ3v) is 8.54. The molecule has 0 saturated carbocycles. The number of benzene rings is 3. The Morgan fingerprint density at radius 1 is 0.951 bits per heavy atom. The van der Waals surface area contributed by atoms with Crippen LogP contribution in [0.15, 0.2) is 83.8 Å². The molecule has 0 heterocycles. The number of anilines is 1. The molecular formula is C32H41N3O5S. The van der Waals surface area contributed by atoms with E-state index in [-0.39, 0.29) is 29.0 Å². The summed E-state index contributed by atoms with van der Waals surface area (Å²) in [5, 5.41) is 2.95. The third-order valence-electron chi connectivity index (χ3n) is 6.77. The number of nitrogens with zero attached hydrogens (tertiary/aromatic N) is 2. The van der Waals surface area contributed by atoms with Crippen LogP contribution in [0.4, 0.5) is 5.69 Å². The van der Waals surface area contributed by atoms with E-state index in [1.165, 1.54) is 24.1 Å². The molecule has 3 rings (SSSR count). The van der Waals surface area contributed by atoms with Crippen molar-refractivity contribution in [2.75, 3.05) is 31.0 Å². The highest BCUT2D eigenvalue weighted by atomic mass is 32.2. The van der Waals surface area contributed by atoms with Gasteiger partial charge in [-0.1, -0.05) is 75.4 Å². The van der Waals surface area contributed by atoms with Crippen molar-refractivity contribution in [3.05, 3.63) is 90.0 Å². The molecule has 0 aliphatic heterocycles. The van der Waals surface area contributed by atoms with Gasteiger partial charge in [-0.2, -0.15) is 0 Å². The van der Waals surface area contributed by atoms with Crippen LogP contribution in [0.25, 0.3) is 0 Å². The van der Waals surface area contributed by atoms with Gasteiger partial charge in [-0.05, 0) is 61.1 Å². The van der Waals surface area contributed by atoms with Crippen molar-refractivity contribution in [2.45, 2.75) is 51.5 Å². The van der Waals surface area contributed by atoms with Gasteiger partial charge in [-0.15, -0.1) is 0 Å². The predicted molar refractivity (Wildman–Crippen MR) is 162 cm³/mol. The average molecular weight is 580 g/mol. The van der Waals surface area contributed by atoms with Gasteiger partial charge < -0.3 is 15.0 Å². The summed E-state index contributed by atoms with van der Waals surface area (Å²) in [6, 6.07) is 22.1. The smallest absolute Gasteiger partial charge is 0.264 e. The van der Waals surface area contributed by atoms with Crippen LogP contribution in [0, 0.1) is 12.8 Å². The fourth-order valence-corrected chi connectivity index (χ4v) is 5.98. The van der Waals surface area contributed by atoms with Crippen molar-refractivity contribution in [1.82, 2.24) is 10.2 Å². The molecule has 1 N–H and O–H groups in total. The first kappa shape index (κ1) is 31.7. The van der Waals surface area contributed by atoms with E-state index < -0.39 is 28.5 Å². The molecule has 0 bridgehead atoms. The van der Waals surface area contributed by atoms with Crippen LogP contribution in [0.3, 0.4) is 0 Å². The van der Waals surface area contributed by atoms with Crippen molar-refractivity contribution in [2.24, 2.45) is 5.92 Å².